The molecule has 94 valence electrons. The van der Waals surface area contributed by atoms with E-state index in [1.165, 1.54) is 11.3 Å². The third-order valence-electron chi connectivity index (χ3n) is 3.29. The topological polar surface area (TPSA) is 49.3 Å². The molecule has 1 atom stereocenters. The molecule has 17 heavy (non-hydrogen) atoms. The maximum atomic E-state index is 11.9. The molecule has 1 saturated carbocycles. The number of hydrogen-bond acceptors (Lipinski definition) is 3. The lowest BCUT2D eigenvalue weighted by Crippen LogP contribution is -2.48. The molecule has 1 aromatic heterocycles. The highest BCUT2D eigenvalue weighted by Crippen LogP contribution is 2.31. The van der Waals surface area contributed by atoms with E-state index in [0.717, 1.165) is 24.1 Å². The Labute approximate surface area is 110 Å². The van der Waals surface area contributed by atoms with Gasteiger partial charge in [-0.05, 0) is 38.3 Å². The number of amides is 1. The molecule has 2 rings (SSSR count). The van der Waals surface area contributed by atoms with E-state index in [4.69, 9.17) is 11.6 Å². The van der Waals surface area contributed by atoms with Gasteiger partial charge in [-0.25, -0.2) is 0 Å². The van der Waals surface area contributed by atoms with Crippen molar-refractivity contribution in [3.05, 3.63) is 21.3 Å². The molecule has 0 spiro atoms. The van der Waals surface area contributed by atoms with Gasteiger partial charge in [0.25, 0.3) is 0 Å². The molecular formula is C12H16ClNO2S. The van der Waals surface area contributed by atoms with Crippen LogP contribution in [-0.2, 0) is 4.79 Å². The van der Waals surface area contributed by atoms with Gasteiger partial charge in [0, 0.05) is 11.4 Å². The monoisotopic (exact) mass is 273 g/mol. The molecule has 0 saturated heterocycles. The predicted octanol–water partition coefficient (Wildman–Crippen LogP) is 2.54. The number of carbonyl (C=O) groups is 1. The molecule has 1 aliphatic rings. The van der Waals surface area contributed by atoms with E-state index in [-0.39, 0.29) is 11.8 Å². The second kappa shape index (κ2) is 4.96. The summed E-state index contributed by atoms with van der Waals surface area (Å²) in [6.07, 6.45) is 2.61. The Hall–Kier alpha value is -0.580. The van der Waals surface area contributed by atoms with Crippen molar-refractivity contribution in [3.8, 4) is 0 Å². The lowest BCUT2D eigenvalue weighted by atomic mass is 9.80. The number of aliphatic hydroxyl groups is 1. The minimum Gasteiger partial charge on any atom is -0.388 e. The third kappa shape index (κ3) is 3.00. The molecule has 1 heterocycles. The number of rotatable bonds is 4. The van der Waals surface area contributed by atoms with Crippen LogP contribution in [-0.4, -0.2) is 23.2 Å². The second-order valence-corrected chi connectivity index (χ2v) is 6.41. The molecule has 2 N–H and O–H groups in total. The van der Waals surface area contributed by atoms with Crippen LogP contribution in [0.15, 0.2) is 12.1 Å². The molecule has 1 unspecified atom stereocenters. The highest BCUT2D eigenvalue weighted by molar-refractivity contribution is 7.16. The number of halogens is 1. The first kappa shape index (κ1) is 12.9. The lowest BCUT2D eigenvalue weighted by molar-refractivity contribution is -0.124. The fourth-order valence-electron chi connectivity index (χ4n) is 1.86. The quantitative estimate of drug-likeness (QED) is 0.886. The first-order chi connectivity index (χ1) is 8.00. The molecule has 0 aliphatic heterocycles. The van der Waals surface area contributed by atoms with Gasteiger partial charge in [-0.1, -0.05) is 11.6 Å². The largest absolute Gasteiger partial charge is 0.388 e. The van der Waals surface area contributed by atoms with Gasteiger partial charge in [0.1, 0.15) is 0 Å². The van der Waals surface area contributed by atoms with Crippen molar-refractivity contribution < 1.29 is 9.90 Å². The van der Waals surface area contributed by atoms with Crippen molar-refractivity contribution in [2.45, 2.75) is 37.7 Å². The van der Waals surface area contributed by atoms with E-state index in [1.807, 2.05) is 13.0 Å². The minimum absolute atomic E-state index is 0.0520. The summed E-state index contributed by atoms with van der Waals surface area (Å²) in [7, 11) is 0. The van der Waals surface area contributed by atoms with Crippen molar-refractivity contribution >= 4 is 28.8 Å². The van der Waals surface area contributed by atoms with Crippen LogP contribution in [0.1, 0.15) is 37.0 Å². The Bertz CT molecular complexity index is 414. The maximum Gasteiger partial charge on any atom is 0.228 e. The van der Waals surface area contributed by atoms with E-state index in [2.05, 4.69) is 5.32 Å². The van der Waals surface area contributed by atoms with E-state index in [0.29, 0.717) is 10.9 Å². The molecule has 1 amide bonds. The Morgan fingerprint density at radius 1 is 1.65 bits per heavy atom. The number of thiophene rings is 1. The third-order valence-corrected chi connectivity index (χ3v) is 4.70. The van der Waals surface area contributed by atoms with Gasteiger partial charge in [0.15, 0.2) is 0 Å². The summed E-state index contributed by atoms with van der Waals surface area (Å²) in [4.78, 5) is 12.8. The molecule has 0 radical (unpaired) electrons. The van der Waals surface area contributed by atoms with Crippen LogP contribution < -0.4 is 5.32 Å². The molecular weight excluding hydrogens is 258 g/mol. The average Bonchev–Trinajstić information content (AvgIpc) is 2.69. The molecule has 5 heteroatoms. The maximum absolute atomic E-state index is 11.9. The van der Waals surface area contributed by atoms with Gasteiger partial charge >= 0.3 is 0 Å². The first-order valence-corrected chi connectivity index (χ1v) is 6.95. The molecule has 1 aromatic rings. The van der Waals surface area contributed by atoms with E-state index < -0.39 is 5.60 Å². The average molecular weight is 274 g/mol. The standard InChI is InChI=1S/C12H16ClNO2S/c1-8(9-3-4-10(13)17-9)11(15)14-7-12(16)5-2-6-12/h3-4,8,16H,2,5-7H2,1H3,(H,14,15). The Morgan fingerprint density at radius 2 is 2.35 bits per heavy atom. The van der Waals surface area contributed by atoms with Crippen LogP contribution in [0, 0.1) is 0 Å². The zero-order valence-electron chi connectivity index (χ0n) is 9.70. The van der Waals surface area contributed by atoms with Crippen LogP contribution in [0.25, 0.3) is 0 Å². The Morgan fingerprint density at radius 3 is 2.82 bits per heavy atom. The zero-order valence-corrected chi connectivity index (χ0v) is 11.3. The molecule has 3 nitrogen and oxygen atoms in total. The van der Waals surface area contributed by atoms with Crippen molar-refractivity contribution in [2.75, 3.05) is 6.54 Å². The number of nitrogens with one attached hydrogen (secondary N) is 1. The minimum atomic E-state index is -0.664. The van der Waals surface area contributed by atoms with Crippen LogP contribution in [0.4, 0.5) is 0 Å². The fourth-order valence-corrected chi connectivity index (χ4v) is 2.97. The van der Waals surface area contributed by atoms with Gasteiger partial charge in [-0.15, -0.1) is 11.3 Å². The molecule has 1 fully saturated rings. The van der Waals surface area contributed by atoms with Gasteiger partial charge < -0.3 is 10.4 Å². The highest BCUT2D eigenvalue weighted by Gasteiger charge is 2.34. The Balaban J connectivity index is 1.87. The van der Waals surface area contributed by atoms with Crippen molar-refractivity contribution in [1.82, 2.24) is 5.32 Å². The van der Waals surface area contributed by atoms with Crippen LogP contribution >= 0.6 is 22.9 Å². The number of hydrogen-bond donors (Lipinski definition) is 2. The first-order valence-electron chi connectivity index (χ1n) is 5.75. The zero-order chi connectivity index (χ0) is 12.5. The smallest absolute Gasteiger partial charge is 0.228 e. The van der Waals surface area contributed by atoms with Crippen molar-refractivity contribution in [1.29, 1.82) is 0 Å². The summed E-state index contributed by atoms with van der Waals surface area (Å²) in [5, 5.41) is 12.7. The number of carbonyl (C=O) groups excluding carboxylic acids is 1. The molecule has 1 aliphatic carbocycles. The van der Waals surface area contributed by atoms with Crippen molar-refractivity contribution in [3.63, 3.8) is 0 Å². The summed E-state index contributed by atoms with van der Waals surface area (Å²) >= 11 is 7.26. The summed E-state index contributed by atoms with van der Waals surface area (Å²) in [6, 6.07) is 3.67. The van der Waals surface area contributed by atoms with Gasteiger partial charge in [-0.3, -0.25) is 4.79 Å². The summed E-state index contributed by atoms with van der Waals surface area (Å²) < 4.78 is 0.692. The van der Waals surface area contributed by atoms with Gasteiger partial charge in [0.2, 0.25) is 5.91 Å². The van der Waals surface area contributed by atoms with Gasteiger partial charge in [-0.2, -0.15) is 0 Å². The van der Waals surface area contributed by atoms with Gasteiger partial charge in [0.05, 0.1) is 15.9 Å². The van der Waals surface area contributed by atoms with Crippen LogP contribution in [0.5, 0.6) is 0 Å². The van der Waals surface area contributed by atoms with E-state index in [9.17, 15) is 9.90 Å². The summed E-state index contributed by atoms with van der Waals surface area (Å²) in [5.41, 5.74) is -0.664. The highest BCUT2D eigenvalue weighted by atomic mass is 35.5. The second-order valence-electron chi connectivity index (χ2n) is 4.66. The SMILES string of the molecule is CC(C(=O)NCC1(O)CCC1)c1ccc(Cl)s1. The summed E-state index contributed by atoms with van der Waals surface area (Å²) in [5.74, 6) is -0.264. The fraction of sp³-hybridized carbons (Fsp3) is 0.583. The van der Waals surface area contributed by atoms with Crippen LogP contribution in [0.2, 0.25) is 4.34 Å². The Kier molecular flexibility index (Phi) is 3.76. The molecule has 0 bridgehead atoms. The van der Waals surface area contributed by atoms with Crippen LogP contribution in [0.3, 0.4) is 0 Å². The molecule has 0 aromatic carbocycles. The van der Waals surface area contributed by atoms with E-state index >= 15 is 0 Å². The van der Waals surface area contributed by atoms with Crippen molar-refractivity contribution in [2.24, 2.45) is 0 Å². The summed E-state index contributed by atoms with van der Waals surface area (Å²) in [6.45, 7) is 2.21. The lowest BCUT2D eigenvalue weighted by Gasteiger charge is -2.36. The predicted molar refractivity (Wildman–Crippen MR) is 69.6 cm³/mol. The van der Waals surface area contributed by atoms with E-state index in [1.54, 1.807) is 6.07 Å². The normalized spacial score (nSPS) is 19.5.